The van der Waals surface area contributed by atoms with E-state index in [1.807, 2.05) is 18.4 Å². The van der Waals surface area contributed by atoms with Gasteiger partial charge in [0.05, 0.1) is 6.10 Å². The average Bonchev–Trinajstić information content (AvgIpc) is 2.95. The number of guanidine groups is 1. The van der Waals surface area contributed by atoms with Gasteiger partial charge in [-0.3, -0.25) is 4.99 Å². The third-order valence-electron chi connectivity index (χ3n) is 5.22. The molecule has 1 aromatic heterocycles. The Hall–Kier alpha value is -1.07. The van der Waals surface area contributed by atoms with Gasteiger partial charge in [-0.05, 0) is 44.1 Å². The van der Waals surface area contributed by atoms with E-state index in [0.29, 0.717) is 17.6 Å². The fourth-order valence-electron chi connectivity index (χ4n) is 3.76. The molecular formula is C17H27N3OS. The van der Waals surface area contributed by atoms with Gasteiger partial charge in [-0.25, -0.2) is 0 Å². The normalized spacial score (nSPS) is 26.4. The number of nitrogens with zero attached hydrogens (tertiary/aromatic N) is 1. The van der Waals surface area contributed by atoms with Crippen molar-refractivity contribution in [3.63, 3.8) is 0 Å². The van der Waals surface area contributed by atoms with Crippen LogP contribution in [0.2, 0.25) is 0 Å². The van der Waals surface area contributed by atoms with Crippen LogP contribution < -0.4 is 10.6 Å². The van der Waals surface area contributed by atoms with Gasteiger partial charge in [0.1, 0.15) is 0 Å². The maximum absolute atomic E-state index is 5.91. The highest BCUT2D eigenvalue weighted by molar-refractivity contribution is 7.09. The highest BCUT2D eigenvalue weighted by Crippen LogP contribution is 2.57. The minimum Gasteiger partial charge on any atom is -0.378 e. The Bertz CT molecular complexity index is 496. The average molecular weight is 321 g/mol. The number of rotatable bonds is 6. The van der Waals surface area contributed by atoms with Crippen LogP contribution in [0.3, 0.4) is 0 Å². The molecule has 1 aromatic rings. The Kier molecular flexibility index (Phi) is 5.03. The predicted molar refractivity (Wildman–Crippen MR) is 92.6 cm³/mol. The van der Waals surface area contributed by atoms with Crippen LogP contribution in [0.15, 0.2) is 22.5 Å². The van der Waals surface area contributed by atoms with E-state index in [0.717, 1.165) is 32.0 Å². The molecule has 2 atom stereocenters. The zero-order chi connectivity index (χ0) is 15.4. The summed E-state index contributed by atoms with van der Waals surface area (Å²) >= 11 is 1.81. The standard InChI is InChI=1S/C17H27N3OS/c1-3-21-15-12-14(17(15)8-5-9-17)20-16(18-2)19-10-7-13-6-4-11-22-13/h4,6,11,14-15H,3,5,7-10,12H2,1-2H3,(H2,18,19,20). The molecule has 1 spiro atoms. The molecule has 2 N–H and O–H groups in total. The lowest BCUT2D eigenvalue weighted by atomic mass is 9.51. The molecule has 0 radical (unpaired) electrons. The number of aliphatic imine (C=N–C) groups is 1. The highest BCUT2D eigenvalue weighted by Gasteiger charge is 2.59. The first kappa shape index (κ1) is 15.8. The maximum atomic E-state index is 5.91. The number of hydrogen-bond donors (Lipinski definition) is 2. The molecule has 0 aliphatic heterocycles. The summed E-state index contributed by atoms with van der Waals surface area (Å²) in [6.07, 6.45) is 6.54. The van der Waals surface area contributed by atoms with Gasteiger partial charge in [0.15, 0.2) is 5.96 Å². The van der Waals surface area contributed by atoms with Crippen molar-refractivity contribution in [3.05, 3.63) is 22.4 Å². The summed E-state index contributed by atoms with van der Waals surface area (Å²) in [4.78, 5) is 5.80. The molecule has 0 aromatic carbocycles. The van der Waals surface area contributed by atoms with Crippen molar-refractivity contribution in [3.8, 4) is 0 Å². The topological polar surface area (TPSA) is 45.6 Å². The van der Waals surface area contributed by atoms with Crippen molar-refractivity contribution in [2.75, 3.05) is 20.2 Å². The van der Waals surface area contributed by atoms with Crippen LogP contribution in [0.4, 0.5) is 0 Å². The molecule has 0 saturated heterocycles. The van der Waals surface area contributed by atoms with E-state index in [-0.39, 0.29) is 0 Å². The third-order valence-corrected chi connectivity index (χ3v) is 6.15. The molecule has 0 bridgehead atoms. The van der Waals surface area contributed by atoms with Crippen molar-refractivity contribution >= 4 is 17.3 Å². The monoisotopic (exact) mass is 321 g/mol. The second kappa shape index (κ2) is 7.01. The van der Waals surface area contributed by atoms with Gasteiger partial charge in [-0.1, -0.05) is 12.5 Å². The highest BCUT2D eigenvalue weighted by atomic mass is 32.1. The van der Waals surface area contributed by atoms with Crippen molar-refractivity contribution in [1.29, 1.82) is 0 Å². The van der Waals surface area contributed by atoms with Crippen LogP contribution in [0.1, 0.15) is 37.5 Å². The van der Waals surface area contributed by atoms with Crippen molar-refractivity contribution in [2.24, 2.45) is 10.4 Å². The molecule has 3 rings (SSSR count). The molecule has 22 heavy (non-hydrogen) atoms. The fraction of sp³-hybridized carbons (Fsp3) is 0.706. The molecule has 5 heteroatoms. The van der Waals surface area contributed by atoms with E-state index in [4.69, 9.17) is 4.74 Å². The lowest BCUT2D eigenvalue weighted by Crippen LogP contribution is -2.68. The number of hydrogen-bond acceptors (Lipinski definition) is 3. The largest absolute Gasteiger partial charge is 0.378 e. The number of ether oxygens (including phenoxy) is 1. The molecule has 2 aliphatic carbocycles. The molecular weight excluding hydrogens is 294 g/mol. The summed E-state index contributed by atoms with van der Waals surface area (Å²) in [5, 5.41) is 9.20. The first-order valence-corrected chi connectivity index (χ1v) is 9.27. The van der Waals surface area contributed by atoms with Crippen LogP contribution in [-0.2, 0) is 11.2 Å². The van der Waals surface area contributed by atoms with Crippen LogP contribution in [0, 0.1) is 5.41 Å². The van der Waals surface area contributed by atoms with Crippen LogP contribution >= 0.6 is 11.3 Å². The van der Waals surface area contributed by atoms with Gasteiger partial charge in [-0.2, -0.15) is 0 Å². The zero-order valence-electron chi connectivity index (χ0n) is 13.6. The molecule has 0 amide bonds. The number of thiophene rings is 1. The van der Waals surface area contributed by atoms with Crippen LogP contribution in [-0.4, -0.2) is 38.3 Å². The van der Waals surface area contributed by atoms with Crippen molar-refractivity contribution in [2.45, 2.75) is 51.2 Å². The summed E-state index contributed by atoms with van der Waals surface area (Å²) in [6.45, 7) is 3.85. The molecule has 4 nitrogen and oxygen atoms in total. The van der Waals surface area contributed by atoms with Gasteiger partial charge in [0.2, 0.25) is 0 Å². The lowest BCUT2D eigenvalue weighted by molar-refractivity contribution is -0.168. The summed E-state index contributed by atoms with van der Waals surface area (Å²) in [6, 6.07) is 4.81. The molecule has 2 saturated carbocycles. The van der Waals surface area contributed by atoms with Gasteiger partial charge >= 0.3 is 0 Å². The van der Waals surface area contributed by atoms with Gasteiger partial charge in [-0.15, -0.1) is 11.3 Å². The second-order valence-corrected chi connectivity index (χ2v) is 7.32. The SMILES string of the molecule is CCOC1CC(NC(=NC)NCCc2cccs2)C12CCC2. The van der Waals surface area contributed by atoms with Crippen molar-refractivity contribution in [1.82, 2.24) is 10.6 Å². The van der Waals surface area contributed by atoms with E-state index in [2.05, 4.69) is 40.1 Å². The maximum Gasteiger partial charge on any atom is 0.191 e. The van der Waals surface area contributed by atoms with Crippen LogP contribution in [0.25, 0.3) is 0 Å². The first-order chi connectivity index (χ1) is 10.8. The van der Waals surface area contributed by atoms with Crippen LogP contribution in [0.5, 0.6) is 0 Å². The Morgan fingerprint density at radius 2 is 2.36 bits per heavy atom. The zero-order valence-corrected chi connectivity index (χ0v) is 14.4. The number of nitrogens with one attached hydrogen (secondary N) is 2. The Morgan fingerprint density at radius 1 is 1.50 bits per heavy atom. The molecule has 2 unspecified atom stereocenters. The fourth-order valence-corrected chi connectivity index (χ4v) is 4.47. The lowest BCUT2D eigenvalue weighted by Gasteiger charge is -2.61. The first-order valence-electron chi connectivity index (χ1n) is 8.39. The van der Waals surface area contributed by atoms with Gasteiger partial charge in [0.25, 0.3) is 0 Å². The summed E-state index contributed by atoms with van der Waals surface area (Å²) in [5.74, 6) is 0.933. The Morgan fingerprint density at radius 3 is 2.95 bits per heavy atom. The molecule has 2 aliphatic rings. The third kappa shape index (κ3) is 3.01. The van der Waals surface area contributed by atoms with Gasteiger partial charge < -0.3 is 15.4 Å². The van der Waals surface area contributed by atoms with E-state index in [1.165, 1.54) is 24.1 Å². The molecule has 1 heterocycles. The van der Waals surface area contributed by atoms with Gasteiger partial charge in [0, 0.05) is 36.5 Å². The Balaban J connectivity index is 1.47. The minimum absolute atomic E-state index is 0.376. The van der Waals surface area contributed by atoms with E-state index >= 15 is 0 Å². The summed E-state index contributed by atoms with van der Waals surface area (Å²) in [5.41, 5.74) is 0.376. The van der Waals surface area contributed by atoms with E-state index in [1.54, 1.807) is 0 Å². The smallest absolute Gasteiger partial charge is 0.191 e. The summed E-state index contributed by atoms with van der Waals surface area (Å²) in [7, 11) is 1.85. The molecule has 122 valence electrons. The second-order valence-electron chi connectivity index (χ2n) is 6.29. The molecule has 2 fully saturated rings. The quantitative estimate of drug-likeness (QED) is 0.625. The minimum atomic E-state index is 0.376. The van der Waals surface area contributed by atoms with E-state index in [9.17, 15) is 0 Å². The van der Waals surface area contributed by atoms with E-state index < -0.39 is 0 Å². The van der Waals surface area contributed by atoms with Crippen molar-refractivity contribution < 1.29 is 4.74 Å². The Labute approximate surface area is 137 Å². The summed E-state index contributed by atoms with van der Waals surface area (Å²) < 4.78 is 5.91. The predicted octanol–water partition coefficient (Wildman–Crippen LogP) is 2.80.